The van der Waals surface area contributed by atoms with Crippen molar-refractivity contribution >= 4 is 58.5 Å². The molecule has 0 aromatic heterocycles. The third-order valence-corrected chi connectivity index (χ3v) is 7.86. The molecule has 214 valence electrons. The van der Waals surface area contributed by atoms with Gasteiger partial charge in [0.1, 0.15) is 6.04 Å². The Labute approximate surface area is 252 Å². The number of fused-ring (bicyclic) bond motifs is 1. The molecule has 1 aliphatic rings. The summed E-state index contributed by atoms with van der Waals surface area (Å²) in [5.41, 5.74) is 3.13. The van der Waals surface area contributed by atoms with Gasteiger partial charge >= 0.3 is 5.97 Å². The monoisotopic (exact) mass is 615 g/mol. The highest BCUT2D eigenvalue weighted by Gasteiger charge is 2.30. The topological polar surface area (TPSA) is 116 Å². The van der Waals surface area contributed by atoms with Crippen molar-refractivity contribution in [1.82, 2.24) is 15.5 Å². The molecule has 1 aliphatic heterocycles. The zero-order chi connectivity index (χ0) is 29.8. The number of hydrogen-bond donors (Lipinski definition) is 3. The van der Waals surface area contributed by atoms with Crippen LogP contribution < -0.4 is 10.6 Å². The second-order valence-electron chi connectivity index (χ2n) is 10.0. The van der Waals surface area contributed by atoms with Crippen molar-refractivity contribution in [2.45, 2.75) is 38.8 Å². The molecule has 0 unspecified atom stereocenters. The first-order valence-corrected chi connectivity index (χ1v) is 14.1. The molecule has 3 aromatic rings. The highest BCUT2D eigenvalue weighted by atomic mass is 35.5. The summed E-state index contributed by atoms with van der Waals surface area (Å²) in [5.74, 6) is -2.55. The molecular formula is C30H28Cl3N3O5. The van der Waals surface area contributed by atoms with Gasteiger partial charge < -0.3 is 20.6 Å². The van der Waals surface area contributed by atoms with Crippen molar-refractivity contribution in [3.8, 4) is 0 Å². The summed E-state index contributed by atoms with van der Waals surface area (Å²) in [5, 5.41) is 15.3. The minimum absolute atomic E-state index is 0.0192. The van der Waals surface area contributed by atoms with E-state index in [0.717, 1.165) is 5.56 Å². The Morgan fingerprint density at radius 1 is 0.951 bits per heavy atom. The highest BCUT2D eigenvalue weighted by Crippen LogP contribution is 2.35. The van der Waals surface area contributed by atoms with Gasteiger partial charge in [0.25, 0.3) is 17.7 Å². The molecule has 3 aromatic carbocycles. The van der Waals surface area contributed by atoms with Crippen LogP contribution in [0.1, 0.15) is 67.5 Å². The van der Waals surface area contributed by atoms with Gasteiger partial charge in [0.2, 0.25) is 0 Å². The van der Waals surface area contributed by atoms with Gasteiger partial charge in [0.05, 0.1) is 15.6 Å². The first-order chi connectivity index (χ1) is 19.5. The number of carboxylic acid groups (broad SMARTS) is 1. The van der Waals surface area contributed by atoms with Gasteiger partial charge in [-0.3, -0.25) is 14.4 Å². The van der Waals surface area contributed by atoms with E-state index in [1.165, 1.54) is 0 Å². The largest absolute Gasteiger partial charge is 0.480 e. The number of halogens is 3. The van der Waals surface area contributed by atoms with Crippen molar-refractivity contribution in [2.75, 3.05) is 13.1 Å². The van der Waals surface area contributed by atoms with Gasteiger partial charge in [-0.25, -0.2) is 4.79 Å². The summed E-state index contributed by atoms with van der Waals surface area (Å²) in [4.78, 5) is 52.4. The standard InChI is InChI=1S/C30H28Cl3N3O5/c1-16(2)18-4-3-5-19(12-18)27(37)34-14-24(30(40)41)35-28(38)25-23(32)13-20-15-36(11-10-22(20)26(25)33)29(39)17-6-8-21(31)9-7-17/h3-9,12-13,16,24H,10-11,14-15H2,1-2H3,(H,34,37)(H,35,38)(H,40,41)/t24-/m0/s1. The molecule has 0 fully saturated rings. The number of carbonyl (C=O) groups excluding carboxylic acids is 3. The molecule has 0 saturated carbocycles. The fourth-order valence-electron chi connectivity index (χ4n) is 4.57. The highest BCUT2D eigenvalue weighted by molar-refractivity contribution is 6.40. The Bertz CT molecular complexity index is 1510. The van der Waals surface area contributed by atoms with E-state index in [1.54, 1.807) is 53.4 Å². The lowest BCUT2D eigenvalue weighted by Crippen LogP contribution is -2.48. The Hall–Kier alpha value is -3.59. The molecule has 3 amide bonds. The molecule has 0 saturated heterocycles. The normalized spacial score (nSPS) is 13.4. The van der Waals surface area contributed by atoms with Gasteiger partial charge in [0.15, 0.2) is 0 Å². The Morgan fingerprint density at radius 3 is 2.32 bits per heavy atom. The van der Waals surface area contributed by atoms with Gasteiger partial charge in [-0.2, -0.15) is 0 Å². The van der Waals surface area contributed by atoms with Gasteiger partial charge in [-0.15, -0.1) is 0 Å². The zero-order valence-corrected chi connectivity index (χ0v) is 24.6. The second kappa shape index (κ2) is 12.9. The Balaban J connectivity index is 1.46. The average molecular weight is 617 g/mol. The number of benzene rings is 3. The quantitative estimate of drug-likeness (QED) is 0.306. The molecule has 8 nitrogen and oxygen atoms in total. The molecular weight excluding hydrogens is 589 g/mol. The Kier molecular flexibility index (Phi) is 9.58. The van der Waals surface area contributed by atoms with Crippen LogP contribution >= 0.6 is 34.8 Å². The molecule has 0 radical (unpaired) electrons. The fraction of sp³-hybridized carbons (Fsp3) is 0.267. The van der Waals surface area contributed by atoms with Crippen molar-refractivity contribution < 1.29 is 24.3 Å². The first-order valence-electron chi connectivity index (χ1n) is 12.9. The van der Waals surface area contributed by atoms with Crippen LogP contribution in [0, 0.1) is 0 Å². The molecule has 41 heavy (non-hydrogen) atoms. The molecule has 0 bridgehead atoms. The van der Waals surface area contributed by atoms with E-state index in [1.807, 2.05) is 19.9 Å². The third kappa shape index (κ3) is 7.01. The zero-order valence-electron chi connectivity index (χ0n) is 22.3. The van der Waals surface area contributed by atoms with E-state index in [9.17, 15) is 24.3 Å². The minimum Gasteiger partial charge on any atom is -0.480 e. The number of carboxylic acids is 1. The summed E-state index contributed by atoms with van der Waals surface area (Å²) in [6, 6.07) is 13.8. The number of aliphatic carboxylic acids is 1. The van der Waals surface area contributed by atoms with Crippen LogP contribution in [0.15, 0.2) is 54.6 Å². The molecule has 4 rings (SSSR count). The molecule has 1 atom stereocenters. The van der Waals surface area contributed by atoms with Gasteiger partial charge in [-0.05, 0) is 71.5 Å². The van der Waals surface area contributed by atoms with E-state index < -0.39 is 23.8 Å². The van der Waals surface area contributed by atoms with Gasteiger partial charge in [0, 0.05) is 35.8 Å². The summed E-state index contributed by atoms with van der Waals surface area (Å²) >= 11 is 19.0. The minimum atomic E-state index is -1.43. The molecule has 11 heteroatoms. The number of hydrogen-bond acceptors (Lipinski definition) is 4. The Morgan fingerprint density at radius 2 is 1.66 bits per heavy atom. The van der Waals surface area contributed by atoms with Crippen LogP contribution in [0.25, 0.3) is 0 Å². The second-order valence-corrected chi connectivity index (χ2v) is 11.2. The maximum atomic E-state index is 13.2. The predicted molar refractivity (Wildman–Crippen MR) is 158 cm³/mol. The summed E-state index contributed by atoms with van der Waals surface area (Å²) in [7, 11) is 0. The SMILES string of the molecule is CC(C)c1cccc(C(=O)NC[C@H](NC(=O)c2c(Cl)cc3c(c2Cl)CCN(C(=O)c2ccc(Cl)cc2)C3)C(=O)O)c1. The molecule has 1 heterocycles. The molecule has 0 aliphatic carbocycles. The fourth-order valence-corrected chi connectivity index (χ4v) is 5.46. The van der Waals surface area contributed by atoms with Crippen molar-refractivity contribution in [1.29, 1.82) is 0 Å². The third-order valence-electron chi connectivity index (χ3n) is 6.90. The number of amides is 3. The maximum Gasteiger partial charge on any atom is 0.328 e. The van der Waals surface area contributed by atoms with Crippen molar-refractivity contribution in [3.05, 3.63) is 103 Å². The number of nitrogens with zero attached hydrogens (tertiary/aromatic N) is 1. The lowest BCUT2D eigenvalue weighted by Gasteiger charge is -2.30. The molecule has 0 spiro atoms. The summed E-state index contributed by atoms with van der Waals surface area (Å²) in [6.07, 6.45) is 0.374. The lowest BCUT2D eigenvalue weighted by atomic mass is 9.96. The van der Waals surface area contributed by atoms with Gasteiger partial charge in [-0.1, -0.05) is 60.8 Å². The number of rotatable bonds is 8. The summed E-state index contributed by atoms with van der Waals surface area (Å²) in [6.45, 7) is 4.24. The predicted octanol–water partition coefficient (Wildman–Crippen LogP) is 5.58. The van der Waals surface area contributed by atoms with Crippen molar-refractivity contribution in [3.63, 3.8) is 0 Å². The smallest absolute Gasteiger partial charge is 0.328 e. The lowest BCUT2D eigenvalue weighted by molar-refractivity contribution is -0.139. The first kappa shape index (κ1) is 30.4. The van der Waals surface area contributed by atoms with E-state index in [4.69, 9.17) is 34.8 Å². The van der Waals surface area contributed by atoms with Crippen LogP contribution in [-0.2, 0) is 17.8 Å². The van der Waals surface area contributed by atoms with Crippen molar-refractivity contribution in [2.24, 2.45) is 0 Å². The number of carbonyl (C=O) groups is 4. The van der Waals surface area contributed by atoms with E-state index in [0.29, 0.717) is 40.2 Å². The van der Waals surface area contributed by atoms with E-state index in [-0.39, 0.29) is 40.5 Å². The summed E-state index contributed by atoms with van der Waals surface area (Å²) < 4.78 is 0. The van der Waals surface area contributed by atoms with Crippen LogP contribution in [-0.4, -0.2) is 52.8 Å². The average Bonchev–Trinajstić information content (AvgIpc) is 2.94. The van der Waals surface area contributed by atoms with E-state index >= 15 is 0 Å². The van der Waals surface area contributed by atoms with Crippen LogP contribution in [0.4, 0.5) is 0 Å². The van der Waals surface area contributed by atoms with E-state index in [2.05, 4.69) is 10.6 Å². The van der Waals surface area contributed by atoms with Crippen LogP contribution in [0.2, 0.25) is 15.1 Å². The number of nitrogens with one attached hydrogen (secondary N) is 2. The van der Waals surface area contributed by atoms with Crippen LogP contribution in [0.5, 0.6) is 0 Å². The molecule has 3 N–H and O–H groups in total. The maximum absolute atomic E-state index is 13.2. The van der Waals surface area contributed by atoms with Crippen LogP contribution in [0.3, 0.4) is 0 Å².